The third-order valence-corrected chi connectivity index (χ3v) is 5.48. The lowest BCUT2D eigenvalue weighted by molar-refractivity contribution is -0.00758. The van der Waals surface area contributed by atoms with Crippen LogP contribution in [-0.2, 0) is 22.5 Å². The molecule has 5 heteroatoms. The Kier molecular flexibility index (Phi) is 4.85. The minimum atomic E-state index is 0.304. The Bertz CT molecular complexity index is 480. The van der Waals surface area contributed by atoms with Crippen LogP contribution >= 0.6 is 0 Å². The first kappa shape index (κ1) is 16.0. The van der Waals surface area contributed by atoms with E-state index in [0.29, 0.717) is 30.0 Å². The molecule has 124 valence electrons. The van der Waals surface area contributed by atoms with E-state index in [1.165, 1.54) is 6.42 Å². The summed E-state index contributed by atoms with van der Waals surface area (Å²) in [6.45, 7) is 7.03. The molecular formula is C17H28N2O3. The van der Waals surface area contributed by atoms with Crippen molar-refractivity contribution in [2.75, 3.05) is 20.3 Å². The summed E-state index contributed by atoms with van der Waals surface area (Å²) in [5.41, 5.74) is 1.35. The van der Waals surface area contributed by atoms with Crippen molar-refractivity contribution < 1.29 is 14.0 Å². The Morgan fingerprint density at radius 2 is 2.14 bits per heavy atom. The Balaban J connectivity index is 1.51. The Morgan fingerprint density at radius 1 is 1.36 bits per heavy atom. The van der Waals surface area contributed by atoms with Gasteiger partial charge in [0.05, 0.1) is 5.69 Å². The fourth-order valence-corrected chi connectivity index (χ4v) is 3.71. The van der Waals surface area contributed by atoms with Crippen molar-refractivity contribution in [3.8, 4) is 0 Å². The van der Waals surface area contributed by atoms with Crippen LogP contribution in [0.1, 0.15) is 44.6 Å². The SMILES string of the molecule is COCc1cc(C[C@@H]2C[C@H](NC3CCOCC3)C2(C)C)no1. The monoisotopic (exact) mass is 308 g/mol. The molecule has 1 aromatic rings. The van der Waals surface area contributed by atoms with Gasteiger partial charge in [-0.25, -0.2) is 0 Å². The molecule has 1 saturated heterocycles. The second-order valence-electron chi connectivity index (χ2n) is 7.28. The quantitative estimate of drug-likeness (QED) is 0.875. The van der Waals surface area contributed by atoms with Gasteiger partial charge in [-0.2, -0.15) is 0 Å². The lowest BCUT2D eigenvalue weighted by Crippen LogP contribution is -2.60. The Labute approximate surface area is 132 Å². The van der Waals surface area contributed by atoms with Gasteiger partial charge >= 0.3 is 0 Å². The molecule has 1 aromatic heterocycles. The first-order chi connectivity index (χ1) is 10.6. The van der Waals surface area contributed by atoms with E-state index >= 15 is 0 Å². The summed E-state index contributed by atoms with van der Waals surface area (Å²) in [5, 5.41) is 8.01. The molecule has 2 aliphatic rings. The first-order valence-electron chi connectivity index (χ1n) is 8.36. The predicted octanol–water partition coefficient (Wildman–Crippen LogP) is 2.55. The topological polar surface area (TPSA) is 56.5 Å². The molecule has 5 nitrogen and oxygen atoms in total. The maximum Gasteiger partial charge on any atom is 0.162 e. The van der Waals surface area contributed by atoms with Crippen LogP contribution in [0.15, 0.2) is 10.6 Å². The van der Waals surface area contributed by atoms with E-state index < -0.39 is 0 Å². The number of hydrogen-bond acceptors (Lipinski definition) is 5. The number of methoxy groups -OCH3 is 1. The average molecular weight is 308 g/mol. The van der Waals surface area contributed by atoms with Crippen LogP contribution in [0.2, 0.25) is 0 Å². The van der Waals surface area contributed by atoms with Gasteiger partial charge in [-0.15, -0.1) is 0 Å². The zero-order valence-electron chi connectivity index (χ0n) is 13.9. The lowest BCUT2D eigenvalue weighted by atomic mass is 9.57. The van der Waals surface area contributed by atoms with Gasteiger partial charge in [0, 0.05) is 38.5 Å². The van der Waals surface area contributed by atoms with E-state index in [0.717, 1.165) is 43.9 Å². The molecule has 2 heterocycles. The number of hydrogen-bond donors (Lipinski definition) is 1. The van der Waals surface area contributed by atoms with Crippen molar-refractivity contribution in [3.05, 3.63) is 17.5 Å². The normalized spacial score (nSPS) is 28.5. The van der Waals surface area contributed by atoms with Crippen LogP contribution < -0.4 is 5.32 Å². The number of ether oxygens (including phenoxy) is 2. The van der Waals surface area contributed by atoms with Gasteiger partial charge in [0.2, 0.25) is 0 Å². The van der Waals surface area contributed by atoms with Gasteiger partial charge in [-0.05, 0) is 37.0 Å². The molecule has 0 aromatic carbocycles. The standard InChI is InChI=1S/C17H28N2O3/c1-17(2)12(8-14-10-15(11-20-3)22-19-14)9-16(17)18-13-4-6-21-7-5-13/h10,12-13,16,18H,4-9,11H2,1-3H3/t12-,16+/m1/s1. The van der Waals surface area contributed by atoms with Crippen LogP contribution in [0.3, 0.4) is 0 Å². The maximum absolute atomic E-state index is 5.44. The summed E-state index contributed by atoms with van der Waals surface area (Å²) in [4.78, 5) is 0. The summed E-state index contributed by atoms with van der Waals surface area (Å²) in [6, 6.07) is 3.25. The smallest absolute Gasteiger partial charge is 0.162 e. The van der Waals surface area contributed by atoms with Crippen LogP contribution in [-0.4, -0.2) is 37.6 Å². The molecule has 0 unspecified atom stereocenters. The lowest BCUT2D eigenvalue weighted by Gasteiger charge is -2.54. The van der Waals surface area contributed by atoms with Gasteiger partial charge in [0.25, 0.3) is 0 Å². The molecule has 2 fully saturated rings. The molecule has 2 atom stereocenters. The number of aromatic nitrogens is 1. The van der Waals surface area contributed by atoms with Gasteiger partial charge in [-0.1, -0.05) is 19.0 Å². The van der Waals surface area contributed by atoms with Crippen molar-refractivity contribution in [1.82, 2.24) is 10.5 Å². The van der Waals surface area contributed by atoms with Crippen LogP contribution in [0, 0.1) is 11.3 Å². The van der Waals surface area contributed by atoms with Crippen LogP contribution in [0.4, 0.5) is 0 Å². The highest BCUT2D eigenvalue weighted by Crippen LogP contribution is 2.48. The molecule has 1 aliphatic carbocycles. The molecular weight excluding hydrogens is 280 g/mol. The highest BCUT2D eigenvalue weighted by atomic mass is 16.5. The third-order valence-electron chi connectivity index (χ3n) is 5.48. The molecule has 1 saturated carbocycles. The van der Waals surface area contributed by atoms with Gasteiger partial charge in [-0.3, -0.25) is 0 Å². The van der Waals surface area contributed by atoms with E-state index in [1.54, 1.807) is 7.11 Å². The van der Waals surface area contributed by atoms with Crippen molar-refractivity contribution >= 4 is 0 Å². The van der Waals surface area contributed by atoms with Crippen molar-refractivity contribution in [3.63, 3.8) is 0 Å². The van der Waals surface area contributed by atoms with Crippen molar-refractivity contribution in [2.24, 2.45) is 11.3 Å². The molecule has 1 N–H and O–H groups in total. The largest absolute Gasteiger partial charge is 0.381 e. The average Bonchev–Trinajstić information content (AvgIpc) is 2.95. The van der Waals surface area contributed by atoms with Crippen LogP contribution in [0.25, 0.3) is 0 Å². The summed E-state index contributed by atoms with van der Waals surface area (Å²) in [6.07, 6.45) is 4.49. The van der Waals surface area contributed by atoms with E-state index in [2.05, 4.69) is 24.3 Å². The second kappa shape index (κ2) is 6.69. The molecule has 0 spiro atoms. The minimum absolute atomic E-state index is 0.304. The Hall–Kier alpha value is -0.910. The first-order valence-corrected chi connectivity index (χ1v) is 8.36. The van der Waals surface area contributed by atoms with Gasteiger partial charge in [0.1, 0.15) is 6.61 Å². The van der Waals surface area contributed by atoms with Crippen molar-refractivity contribution in [1.29, 1.82) is 0 Å². The molecule has 3 rings (SSSR count). The van der Waals surface area contributed by atoms with Crippen LogP contribution in [0.5, 0.6) is 0 Å². The van der Waals surface area contributed by atoms with E-state index in [4.69, 9.17) is 14.0 Å². The zero-order valence-corrected chi connectivity index (χ0v) is 13.9. The number of nitrogens with one attached hydrogen (secondary N) is 1. The number of nitrogens with zero attached hydrogens (tertiary/aromatic N) is 1. The van der Waals surface area contributed by atoms with E-state index in [9.17, 15) is 0 Å². The predicted molar refractivity (Wildman–Crippen MR) is 83.6 cm³/mol. The molecule has 0 amide bonds. The zero-order chi connectivity index (χ0) is 15.6. The molecule has 0 radical (unpaired) electrons. The van der Waals surface area contributed by atoms with E-state index in [-0.39, 0.29) is 0 Å². The van der Waals surface area contributed by atoms with E-state index in [1.807, 2.05) is 6.07 Å². The highest BCUT2D eigenvalue weighted by Gasteiger charge is 2.48. The molecule has 1 aliphatic heterocycles. The molecule has 22 heavy (non-hydrogen) atoms. The fraction of sp³-hybridized carbons (Fsp3) is 0.824. The fourth-order valence-electron chi connectivity index (χ4n) is 3.71. The minimum Gasteiger partial charge on any atom is -0.381 e. The summed E-state index contributed by atoms with van der Waals surface area (Å²) in [5.74, 6) is 1.47. The Morgan fingerprint density at radius 3 is 2.82 bits per heavy atom. The summed E-state index contributed by atoms with van der Waals surface area (Å²) >= 11 is 0. The second-order valence-corrected chi connectivity index (χ2v) is 7.28. The summed E-state index contributed by atoms with van der Waals surface area (Å²) < 4.78 is 15.8. The molecule has 0 bridgehead atoms. The van der Waals surface area contributed by atoms with Crippen molar-refractivity contribution in [2.45, 2.75) is 58.2 Å². The third kappa shape index (κ3) is 3.36. The summed E-state index contributed by atoms with van der Waals surface area (Å²) in [7, 11) is 1.67. The van der Waals surface area contributed by atoms with Gasteiger partial charge < -0.3 is 19.3 Å². The highest BCUT2D eigenvalue weighted by molar-refractivity contribution is 5.11. The maximum atomic E-state index is 5.44. The number of rotatable bonds is 6. The van der Waals surface area contributed by atoms with Gasteiger partial charge in [0.15, 0.2) is 5.76 Å².